The molecule has 1 aromatic carbocycles. The van der Waals surface area contributed by atoms with Crippen molar-refractivity contribution in [1.82, 2.24) is 25.3 Å². The molecule has 0 aliphatic carbocycles. The topological polar surface area (TPSA) is 94.2 Å². The molecule has 37 heavy (non-hydrogen) atoms. The molecule has 0 aromatic heterocycles. The molecule has 1 aromatic rings. The van der Waals surface area contributed by atoms with Crippen LogP contribution in [-0.4, -0.2) is 85.2 Å². The molecule has 0 bridgehead atoms. The zero-order valence-corrected chi connectivity index (χ0v) is 23.2. The van der Waals surface area contributed by atoms with Crippen molar-refractivity contribution in [3.63, 3.8) is 0 Å². The van der Waals surface area contributed by atoms with E-state index in [1.807, 2.05) is 30.9 Å². The number of nitrogens with zero attached hydrogens (tertiary/aromatic N) is 3. The molecule has 0 saturated carbocycles. The molecular weight excluding hydrogens is 470 g/mol. The first-order valence-electron chi connectivity index (χ1n) is 13.4. The molecule has 9 nitrogen and oxygen atoms in total. The molecule has 2 heterocycles. The van der Waals surface area contributed by atoms with Crippen molar-refractivity contribution in [1.29, 1.82) is 0 Å². The molecule has 2 aliphatic heterocycles. The average Bonchev–Trinajstić information content (AvgIpc) is 2.87. The first kappa shape index (κ1) is 28.5. The number of urea groups is 2. The second kappa shape index (κ2) is 12.4. The molecule has 1 fully saturated rings. The van der Waals surface area contributed by atoms with Crippen molar-refractivity contribution in [3.05, 3.63) is 46.7 Å². The summed E-state index contributed by atoms with van der Waals surface area (Å²) in [6.45, 7) is 16.4. The summed E-state index contributed by atoms with van der Waals surface area (Å²) < 4.78 is 5.49. The van der Waals surface area contributed by atoms with Gasteiger partial charge in [0.05, 0.1) is 18.2 Å². The Bertz CT molecular complexity index is 991. The fourth-order valence-corrected chi connectivity index (χ4v) is 4.75. The Morgan fingerprint density at radius 3 is 2.24 bits per heavy atom. The van der Waals surface area contributed by atoms with E-state index in [0.29, 0.717) is 57.1 Å². The van der Waals surface area contributed by atoms with Crippen molar-refractivity contribution in [2.24, 2.45) is 0 Å². The van der Waals surface area contributed by atoms with Crippen molar-refractivity contribution in [2.75, 3.05) is 52.4 Å². The third kappa shape index (κ3) is 6.83. The summed E-state index contributed by atoms with van der Waals surface area (Å²) in [6.07, 6.45) is 0.894. The summed E-state index contributed by atoms with van der Waals surface area (Å²) in [5.74, 6) is -0.418. The van der Waals surface area contributed by atoms with Crippen LogP contribution < -0.4 is 10.6 Å². The number of carbonyl (C=O) groups excluding carboxylic acids is 3. The number of nitrogens with one attached hydrogen (secondary N) is 2. The Balaban J connectivity index is 1.91. The van der Waals surface area contributed by atoms with Crippen molar-refractivity contribution in [3.8, 4) is 0 Å². The summed E-state index contributed by atoms with van der Waals surface area (Å²) in [7, 11) is 0. The highest BCUT2D eigenvalue weighted by molar-refractivity contribution is 5.95. The molecule has 1 saturated heterocycles. The van der Waals surface area contributed by atoms with Gasteiger partial charge in [0, 0.05) is 51.5 Å². The van der Waals surface area contributed by atoms with Crippen LogP contribution in [0.1, 0.15) is 65.1 Å². The van der Waals surface area contributed by atoms with Crippen molar-refractivity contribution < 1.29 is 19.1 Å². The van der Waals surface area contributed by atoms with E-state index in [1.54, 1.807) is 11.8 Å². The lowest BCUT2D eigenvalue weighted by Crippen LogP contribution is -2.55. The predicted octanol–water partition coefficient (Wildman–Crippen LogP) is 3.62. The third-order valence-corrected chi connectivity index (χ3v) is 6.92. The highest BCUT2D eigenvalue weighted by Gasteiger charge is 2.38. The molecule has 0 unspecified atom stereocenters. The van der Waals surface area contributed by atoms with Gasteiger partial charge in [0.15, 0.2) is 0 Å². The van der Waals surface area contributed by atoms with Crippen LogP contribution in [0.5, 0.6) is 0 Å². The number of benzene rings is 1. The highest BCUT2D eigenvalue weighted by Crippen LogP contribution is 2.33. The summed E-state index contributed by atoms with van der Waals surface area (Å²) in [5, 5.41) is 5.97. The Morgan fingerprint density at radius 1 is 1.05 bits per heavy atom. The SMILES string of the molecule is CCCNC(=O)N1CCN(CC2=C(C(=O)OCC)[C@H](c3ccc(C(C)(C)C)cc3)NC(=O)N2CC)CC1. The van der Waals surface area contributed by atoms with Crippen LogP contribution in [0.25, 0.3) is 0 Å². The van der Waals surface area contributed by atoms with Gasteiger partial charge in [0.1, 0.15) is 0 Å². The van der Waals surface area contributed by atoms with Gasteiger partial charge in [-0.05, 0) is 36.8 Å². The van der Waals surface area contributed by atoms with Crippen LogP contribution >= 0.6 is 0 Å². The summed E-state index contributed by atoms with van der Waals surface area (Å²) in [5.41, 5.74) is 3.15. The standard InChI is InChI=1S/C28H43N5O4/c1-7-14-29-26(35)32-17-15-31(16-18-32)19-22-23(25(34)37-9-3)24(30-27(36)33(22)8-2)20-10-12-21(13-11-20)28(4,5)6/h10-13,24H,7-9,14-19H2,1-6H3,(H,29,35)(H,30,36)/t24-/m0/s1. The van der Waals surface area contributed by atoms with E-state index in [-0.39, 0.29) is 24.1 Å². The Morgan fingerprint density at radius 2 is 1.70 bits per heavy atom. The van der Waals surface area contributed by atoms with Crippen LogP contribution in [0.4, 0.5) is 9.59 Å². The van der Waals surface area contributed by atoms with Crippen LogP contribution in [0.2, 0.25) is 0 Å². The summed E-state index contributed by atoms with van der Waals surface area (Å²) in [4.78, 5) is 44.5. The molecule has 204 valence electrons. The van der Waals surface area contributed by atoms with Gasteiger partial charge in [-0.2, -0.15) is 0 Å². The maximum atomic E-state index is 13.3. The normalized spacial score (nSPS) is 19.1. The van der Waals surface area contributed by atoms with E-state index >= 15 is 0 Å². The number of esters is 1. The van der Waals surface area contributed by atoms with Gasteiger partial charge in [0.2, 0.25) is 0 Å². The number of likely N-dealkylation sites (N-methyl/N-ethyl adjacent to an activating group) is 1. The average molecular weight is 514 g/mol. The van der Waals surface area contributed by atoms with Gasteiger partial charge in [-0.25, -0.2) is 14.4 Å². The molecule has 0 radical (unpaired) electrons. The van der Waals surface area contributed by atoms with Crippen LogP contribution in [0.15, 0.2) is 35.5 Å². The number of amides is 4. The van der Waals surface area contributed by atoms with E-state index in [2.05, 4.69) is 48.4 Å². The van der Waals surface area contributed by atoms with E-state index in [1.165, 1.54) is 5.56 Å². The quantitative estimate of drug-likeness (QED) is 0.518. The second-order valence-corrected chi connectivity index (χ2v) is 10.6. The Kier molecular flexibility index (Phi) is 9.59. The fraction of sp³-hybridized carbons (Fsp3) is 0.607. The number of ether oxygens (including phenoxy) is 1. The second-order valence-electron chi connectivity index (χ2n) is 10.6. The first-order valence-corrected chi connectivity index (χ1v) is 13.4. The zero-order valence-electron chi connectivity index (χ0n) is 23.2. The van der Waals surface area contributed by atoms with Gasteiger partial charge in [-0.3, -0.25) is 9.80 Å². The van der Waals surface area contributed by atoms with E-state index in [4.69, 9.17) is 4.74 Å². The fourth-order valence-electron chi connectivity index (χ4n) is 4.75. The molecule has 4 amide bonds. The molecule has 2 aliphatic rings. The lowest BCUT2D eigenvalue weighted by atomic mass is 9.85. The van der Waals surface area contributed by atoms with Crippen molar-refractivity contribution in [2.45, 2.75) is 59.4 Å². The monoisotopic (exact) mass is 513 g/mol. The molecule has 2 N–H and O–H groups in total. The minimum Gasteiger partial charge on any atom is -0.463 e. The number of piperazine rings is 1. The first-order chi connectivity index (χ1) is 17.6. The Hall–Kier alpha value is -3.07. The molecule has 1 atom stereocenters. The van der Waals surface area contributed by atoms with Crippen LogP contribution in [0.3, 0.4) is 0 Å². The molecular formula is C28H43N5O4. The zero-order chi connectivity index (χ0) is 27.2. The van der Waals surface area contributed by atoms with E-state index in [0.717, 1.165) is 12.0 Å². The van der Waals surface area contributed by atoms with E-state index < -0.39 is 12.0 Å². The summed E-state index contributed by atoms with van der Waals surface area (Å²) >= 11 is 0. The smallest absolute Gasteiger partial charge is 0.338 e. The molecule has 3 rings (SSSR count). The summed E-state index contributed by atoms with van der Waals surface area (Å²) in [6, 6.07) is 7.21. The highest BCUT2D eigenvalue weighted by atomic mass is 16.5. The minimum atomic E-state index is -0.598. The lowest BCUT2D eigenvalue weighted by molar-refractivity contribution is -0.139. The van der Waals surface area contributed by atoms with Gasteiger partial charge >= 0.3 is 18.0 Å². The van der Waals surface area contributed by atoms with Gasteiger partial charge in [0.25, 0.3) is 0 Å². The van der Waals surface area contributed by atoms with E-state index in [9.17, 15) is 14.4 Å². The lowest BCUT2D eigenvalue weighted by Gasteiger charge is -2.40. The molecule has 9 heteroatoms. The van der Waals surface area contributed by atoms with Crippen LogP contribution in [0, 0.1) is 0 Å². The predicted molar refractivity (Wildman–Crippen MR) is 144 cm³/mol. The Labute approximate surface area is 221 Å². The number of carbonyl (C=O) groups is 3. The maximum absolute atomic E-state index is 13.3. The minimum absolute atomic E-state index is 0.00604. The number of hydrogen-bond donors (Lipinski definition) is 2. The molecule has 0 spiro atoms. The largest absolute Gasteiger partial charge is 0.463 e. The number of hydrogen-bond acceptors (Lipinski definition) is 5. The van der Waals surface area contributed by atoms with Crippen molar-refractivity contribution >= 4 is 18.0 Å². The van der Waals surface area contributed by atoms with Crippen LogP contribution in [-0.2, 0) is 14.9 Å². The van der Waals surface area contributed by atoms with Gasteiger partial charge < -0.3 is 20.3 Å². The number of rotatable bonds is 8. The third-order valence-electron chi connectivity index (χ3n) is 6.92. The maximum Gasteiger partial charge on any atom is 0.338 e. The van der Waals surface area contributed by atoms with Gasteiger partial charge in [-0.15, -0.1) is 0 Å². The van der Waals surface area contributed by atoms with Gasteiger partial charge in [-0.1, -0.05) is 52.0 Å².